The van der Waals surface area contributed by atoms with Gasteiger partial charge in [-0.25, -0.2) is 14.8 Å². The summed E-state index contributed by atoms with van der Waals surface area (Å²) in [5, 5.41) is 7.12. The number of hydrogen-bond acceptors (Lipinski definition) is 7. The summed E-state index contributed by atoms with van der Waals surface area (Å²) in [4.78, 5) is 33.9. The number of carboxylic acid groups (broad SMARTS) is 1. The van der Waals surface area contributed by atoms with Gasteiger partial charge in [0.25, 0.3) is 0 Å². The Kier molecular flexibility index (Phi) is 8.57. The molecule has 3 rings (SSSR count). The molecule has 0 saturated carbocycles. The largest absolute Gasteiger partial charge is 0.490 e. The van der Waals surface area contributed by atoms with Crippen molar-refractivity contribution in [2.45, 2.75) is 31.5 Å². The van der Waals surface area contributed by atoms with Crippen LogP contribution >= 0.6 is 0 Å². The molecular formula is C19H27F3N4O5. The third-order valence-corrected chi connectivity index (χ3v) is 5.47. The van der Waals surface area contributed by atoms with E-state index in [1.54, 1.807) is 26.6 Å². The van der Waals surface area contributed by atoms with Crippen molar-refractivity contribution >= 4 is 17.8 Å². The highest BCUT2D eigenvalue weighted by Gasteiger charge is 2.46. The molecule has 3 heterocycles. The van der Waals surface area contributed by atoms with Crippen molar-refractivity contribution in [3.05, 3.63) is 18.5 Å². The highest BCUT2D eigenvalue weighted by molar-refractivity contribution is 5.77. The van der Waals surface area contributed by atoms with Crippen LogP contribution in [0.2, 0.25) is 0 Å². The lowest BCUT2D eigenvalue weighted by Crippen LogP contribution is -2.45. The Morgan fingerprint density at radius 1 is 1.19 bits per heavy atom. The van der Waals surface area contributed by atoms with Crippen molar-refractivity contribution in [1.29, 1.82) is 0 Å². The van der Waals surface area contributed by atoms with Crippen molar-refractivity contribution in [3.63, 3.8) is 0 Å². The van der Waals surface area contributed by atoms with E-state index < -0.39 is 12.1 Å². The highest BCUT2D eigenvalue weighted by Crippen LogP contribution is 2.44. The Balaban J connectivity index is 0.000000423. The zero-order valence-corrected chi connectivity index (χ0v) is 17.5. The third-order valence-electron chi connectivity index (χ3n) is 5.47. The molecule has 1 atom stereocenters. The van der Waals surface area contributed by atoms with Gasteiger partial charge >= 0.3 is 12.1 Å². The molecular weight excluding hydrogens is 421 g/mol. The zero-order chi connectivity index (χ0) is 23.1. The zero-order valence-electron chi connectivity index (χ0n) is 17.5. The van der Waals surface area contributed by atoms with E-state index in [1.165, 1.54) is 0 Å². The molecule has 174 valence electrons. The molecule has 1 N–H and O–H groups in total. The maximum atomic E-state index is 12.0. The quantitative estimate of drug-likeness (QED) is 0.724. The van der Waals surface area contributed by atoms with Gasteiger partial charge in [-0.15, -0.1) is 0 Å². The van der Waals surface area contributed by atoms with Crippen LogP contribution in [0.1, 0.15) is 19.3 Å². The van der Waals surface area contributed by atoms with E-state index >= 15 is 0 Å². The average Bonchev–Trinajstić information content (AvgIpc) is 3.07. The fourth-order valence-corrected chi connectivity index (χ4v) is 3.99. The SMILES string of the molecule is COCC(=O)N1CCC2(CC1)CC(COC)N(c1ncccn1)C2.O=C(O)C(F)(F)F. The van der Waals surface area contributed by atoms with Crippen LogP contribution in [0.5, 0.6) is 0 Å². The van der Waals surface area contributed by atoms with E-state index in [0.29, 0.717) is 12.6 Å². The molecule has 1 amide bonds. The molecule has 9 nitrogen and oxygen atoms in total. The minimum Gasteiger partial charge on any atom is -0.475 e. The molecule has 2 fully saturated rings. The van der Waals surface area contributed by atoms with Crippen LogP contribution in [0.3, 0.4) is 0 Å². The molecule has 1 aromatic rings. The fraction of sp³-hybridized carbons (Fsp3) is 0.684. The van der Waals surface area contributed by atoms with Crippen molar-refractivity contribution in [3.8, 4) is 0 Å². The number of ether oxygens (including phenoxy) is 2. The first kappa shape index (κ1) is 24.8. The normalized spacial score (nSPS) is 20.4. The number of rotatable bonds is 5. The Morgan fingerprint density at radius 2 is 1.77 bits per heavy atom. The number of carbonyl (C=O) groups excluding carboxylic acids is 1. The number of piperidine rings is 1. The molecule has 1 unspecified atom stereocenters. The Labute approximate surface area is 178 Å². The standard InChI is InChI=1S/C17H26N4O3.C2HF3O2/c1-23-11-14-10-17(13-21(14)16-18-6-3-7-19-16)4-8-20(9-5-17)15(22)12-24-2;3-2(4,5)1(6)7/h3,6-7,14H,4-5,8-13H2,1-2H3;(H,6,7). The Morgan fingerprint density at radius 3 is 2.26 bits per heavy atom. The molecule has 2 aliphatic rings. The van der Waals surface area contributed by atoms with Crippen LogP contribution in [-0.2, 0) is 19.1 Å². The molecule has 0 aliphatic carbocycles. The van der Waals surface area contributed by atoms with Gasteiger partial charge in [0.1, 0.15) is 6.61 Å². The van der Waals surface area contributed by atoms with Gasteiger partial charge in [0.2, 0.25) is 11.9 Å². The lowest BCUT2D eigenvalue weighted by Gasteiger charge is -2.39. The van der Waals surface area contributed by atoms with E-state index in [9.17, 15) is 18.0 Å². The lowest BCUT2D eigenvalue weighted by atomic mass is 9.76. The van der Waals surface area contributed by atoms with Gasteiger partial charge in [0.05, 0.1) is 12.6 Å². The van der Waals surface area contributed by atoms with Gasteiger partial charge < -0.3 is 24.4 Å². The summed E-state index contributed by atoms with van der Waals surface area (Å²) < 4.78 is 42.1. The first-order chi connectivity index (χ1) is 14.6. The van der Waals surface area contributed by atoms with E-state index in [2.05, 4.69) is 14.9 Å². The minimum atomic E-state index is -5.08. The van der Waals surface area contributed by atoms with E-state index in [4.69, 9.17) is 19.4 Å². The van der Waals surface area contributed by atoms with Crippen LogP contribution in [0, 0.1) is 5.41 Å². The van der Waals surface area contributed by atoms with Crippen molar-refractivity contribution in [2.75, 3.05) is 52.0 Å². The summed E-state index contributed by atoms with van der Waals surface area (Å²) in [5.74, 6) is -1.90. The number of hydrogen-bond donors (Lipinski definition) is 1. The van der Waals surface area contributed by atoms with Crippen LogP contribution < -0.4 is 4.90 Å². The van der Waals surface area contributed by atoms with Crippen LogP contribution in [0.25, 0.3) is 0 Å². The van der Waals surface area contributed by atoms with Crippen LogP contribution in [-0.4, -0.2) is 91.1 Å². The highest BCUT2D eigenvalue weighted by atomic mass is 19.4. The Bertz CT molecular complexity index is 727. The predicted octanol–water partition coefficient (Wildman–Crippen LogP) is 1.59. The number of anilines is 1. The number of carboxylic acids is 1. The minimum absolute atomic E-state index is 0.0852. The van der Waals surface area contributed by atoms with Crippen LogP contribution in [0.15, 0.2) is 18.5 Å². The number of amides is 1. The smallest absolute Gasteiger partial charge is 0.475 e. The van der Waals surface area contributed by atoms with Gasteiger partial charge in [-0.2, -0.15) is 13.2 Å². The first-order valence-corrected chi connectivity index (χ1v) is 9.71. The fourth-order valence-electron chi connectivity index (χ4n) is 3.99. The Hall–Kier alpha value is -2.47. The summed E-state index contributed by atoms with van der Waals surface area (Å²) in [6, 6.07) is 2.12. The number of aliphatic carboxylic acids is 1. The number of alkyl halides is 3. The van der Waals surface area contributed by atoms with Crippen molar-refractivity contribution in [2.24, 2.45) is 5.41 Å². The molecule has 31 heavy (non-hydrogen) atoms. The molecule has 2 aliphatic heterocycles. The van der Waals surface area contributed by atoms with E-state index in [0.717, 1.165) is 44.8 Å². The number of nitrogens with zero attached hydrogens (tertiary/aromatic N) is 4. The topological polar surface area (TPSA) is 105 Å². The lowest BCUT2D eigenvalue weighted by molar-refractivity contribution is -0.192. The number of halogens is 3. The number of likely N-dealkylation sites (tertiary alicyclic amines) is 1. The molecule has 1 aromatic heterocycles. The van der Waals surface area contributed by atoms with Gasteiger partial charge in [0.15, 0.2) is 0 Å². The number of aromatic nitrogens is 2. The molecule has 1 spiro atoms. The van der Waals surface area contributed by atoms with Crippen molar-refractivity contribution < 1.29 is 37.3 Å². The third kappa shape index (κ3) is 6.76. The van der Waals surface area contributed by atoms with Crippen LogP contribution in [0.4, 0.5) is 19.1 Å². The van der Waals surface area contributed by atoms with E-state index in [-0.39, 0.29) is 17.9 Å². The van der Waals surface area contributed by atoms with E-state index in [1.807, 2.05) is 11.0 Å². The molecule has 0 aromatic carbocycles. The van der Waals surface area contributed by atoms with Gasteiger partial charge in [-0.3, -0.25) is 4.79 Å². The second-order valence-corrected chi connectivity index (χ2v) is 7.61. The molecule has 12 heteroatoms. The summed E-state index contributed by atoms with van der Waals surface area (Å²) in [6.07, 6.45) is 1.55. The summed E-state index contributed by atoms with van der Waals surface area (Å²) in [5.41, 5.74) is 0.215. The summed E-state index contributed by atoms with van der Waals surface area (Å²) in [7, 11) is 3.30. The monoisotopic (exact) mass is 448 g/mol. The predicted molar refractivity (Wildman–Crippen MR) is 103 cm³/mol. The number of methoxy groups -OCH3 is 2. The second kappa shape index (κ2) is 10.7. The summed E-state index contributed by atoms with van der Waals surface area (Å²) in [6.45, 7) is 3.36. The first-order valence-electron chi connectivity index (χ1n) is 9.71. The van der Waals surface area contributed by atoms with Crippen molar-refractivity contribution in [1.82, 2.24) is 14.9 Å². The maximum absolute atomic E-state index is 12.0. The van der Waals surface area contributed by atoms with Gasteiger partial charge in [0, 0.05) is 46.2 Å². The average molecular weight is 448 g/mol. The second-order valence-electron chi connectivity index (χ2n) is 7.61. The number of carbonyl (C=O) groups is 2. The van der Waals surface area contributed by atoms with Gasteiger partial charge in [-0.05, 0) is 30.7 Å². The summed E-state index contributed by atoms with van der Waals surface area (Å²) >= 11 is 0. The molecule has 0 radical (unpaired) electrons. The maximum Gasteiger partial charge on any atom is 0.490 e. The van der Waals surface area contributed by atoms with Gasteiger partial charge in [-0.1, -0.05) is 0 Å². The molecule has 2 saturated heterocycles. The molecule has 0 bridgehead atoms.